The number of rotatable bonds is 17. The summed E-state index contributed by atoms with van der Waals surface area (Å²) in [4.78, 5) is 5.17. The zero-order valence-electron chi connectivity index (χ0n) is 85.4. The second-order valence-electron chi connectivity index (χ2n) is 43.9. The minimum absolute atomic E-state index is 0.234. The Morgan fingerprint density at radius 2 is 0.671 bits per heavy atom. The molecule has 722 valence electrons. The van der Waals surface area contributed by atoms with E-state index in [-0.39, 0.29) is 5.41 Å². The molecule has 7 aliphatic rings. The van der Waals surface area contributed by atoms with E-state index in [1.807, 2.05) is 11.3 Å². The first kappa shape index (κ1) is 91.7. The minimum Gasteiger partial charge on any atom is -0.456 e. The molecule has 149 heavy (non-hydrogen) atoms. The summed E-state index contributed by atoms with van der Waals surface area (Å²) in [6.07, 6.45) is 11.5. The van der Waals surface area contributed by atoms with E-state index >= 15 is 0 Å². The molecule has 0 aliphatic heterocycles. The number of thiophene rings is 1. The van der Waals surface area contributed by atoms with Crippen LogP contribution in [0.2, 0.25) is 0 Å². The molecule has 7 atom stereocenters. The lowest BCUT2D eigenvalue weighted by atomic mass is 9.58. The van der Waals surface area contributed by atoms with Gasteiger partial charge in [0.15, 0.2) is 0 Å². The van der Waals surface area contributed by atoms with Crippen LogP contribution in [0.15, 0.2) is 478 Å². The number of fused-ring (bicyclic) bond motifs is 17. The molecule has 4 heteroatoms. The Morgan fingerprint density at radius 3 is 1.30 bits per heavy atom. The van der Waals surface area contributed by atoms with Gasteiger partial charge in [-0.15, -0.1) is 11.3 Å². The Bertz CT molecular complexity index is 8760. The predicted molar refractivity (Wildman–Crippen MR) is 627 cm³/mol. The van der Waals surface area contributed by atoms with Crippen molar-refractivity contribution in [3.05, 3.63) is 551 Å². The molecule has 0 spiro atoms. The number of para-hydroxylation sites is 2. The maximum atomic E-state index is 6.78. The maximum Gasteiger partial charge on any atom is 0.136 e. The van der Waals surface area contributed by atoms with Gasteiger partial charge in [0.2, 0.25) is 0 Å². The van der Waals surface area contributed by atoms with Crippen molar-refractivity contribution >= 4 is 87.6 Å². The molecule has 0 N–H and O–H groups in total. The standard InChI is InChI=1S/C145H120N2OS/c1-6-96-88-103-86-95(3)87-104(89-96)129-92-112(79-83-134(129)145(107-46-18-10-19-47-107,108-48-20-11-21-49-108)132-63-31-25-52-116(103)132)147(136-64-32-27-53-117(136)97-38-12-7-13-39-97)110-75-68-98(69-76-110)114-50-22-23-54-119(114)124-59-37-67-139-141(124)126-60-35-57-118(142(126)149-139)102-72-80-120(123-58-36-66-138-140(123)125-56-28-33-65-137(125)148-138)127(90-102)99-70-73-109(74-71-99)146(113-77-81-122-121-55-26-29-61-130(121)143(4,5)135(122)93-113)111-78-82-133-128(91-111)101-41-34-40-100(84-94(2)85-101)115-51-24-30-62-131(115)144(133,105-42-14-8-15-43-105)106-44-16-9-17-45-106/h7-33,35-39,42-83,90-96,100-101,103-104H,6,34,40-41,84-89H2,1-5H3/t94-,95+,96-,100?,101-,103?,104?/m1/s1. The van der Waals surface area contributed by atoms with Crippen molar-refractivity contribution in [3.63, 3.8) is 0 Å². The molecule has 22 aromatic rings. The monoisotopic (exact) mass is 1940 g/mol. The number of nitrogens with zero attached hydrogens (tertiary/aromatic N) is 2. The summed E-state index contributed by atoms with van der Waals surface area (Å²) in [5.41, 5.74) is 43.1. The fourth-order valence-corrected chi connectivity index (χ4v) is 29.8. The van der Waals surface area contributed by atoms with Crippen molar-refractivity contribution in [3.8, 4) is 77.9 Å². The number of anilines is 6. The molecule has 7 aliphatic carbocycles. The molecule has 20 aromatic carbocycles. The van der Waals surface area contributed by atoms with E-state index in [1.165, 1.54) is 175 Å². The number of furan rings is 1. The van der Waals surface area contributed by atoms with Crippen molar-refractivity contribution in [1.29, 1.82) is 0 Å². The largest absolute Gasteiger partial charge is 0.456 e. The van der Waals surface area contributed by atoms with Gasteiger partial charge in [-0.05, 0) is 334 Å². The normalized spacial score (nSPS) is 18.2. The third kappa shape index (κ3) is 15.5. The minimum atomic E-state index is -0.616. The van der Waals surface area contributed by atoms with Crippen molar-refractivity contribution in [2.24, 2.45) is 17.8 Å². The molecule has 2 heterocycles. The van der Waals surface area contributed by atoms with Gasteiger partial charge in [-0.3, -0.25) is 0 Å². The van der Waals surface area contributed by atoms with Crippen LogP contribution in [-0.4, -0.2) is 0 Å². The molecule has 3 nitrogen and oxygen atoms in total. The Hall–Kier alpha value is -16.0. The molecule has 0 amide bonds. The van der Waals surface area contributed by atoms with Crippen LogP contribution < -0.4 is 9.80 Å². The van der Waals surface area contributed by atoms with Crippen LogP contribution in [0.1, 0.15) is 200 Å². The fourth-order valence-electron chi connectivity index (χ4n) is 28.5. The first-order valence-corrected chi connectivity index (χ1v) is 55.2. The summed E-state index contributed by atoms with van der Waals surface area (Å²) in [6.45, 7) is 12.4. The van der Waals surface area contributed by atoms with Crippen molar-refractivity contribution < 1.29 is 4.42 Å². The highest BCUT2D eigenvalue weighted by Crippen LogP contribution is 2.62. The Balaban J connectivity index is 0.596. The molecule has 2 fully saturated rings. The second-order valence-corrected chi connectivity index (χ2v) is 44.9. The summed E-state index contributed by atoms with van der Waals surface area (Å²) < 4.78 is 9.28. The summed E-state index contributed by atoms with van der Waals surface area (Å²) in [6, 6.07) is 182. The molecule has 2 saturated carbocycles. The molecular formula is C145H120N2OS. The third-order valence-electron chi connectivity index (χ3n) is 35.1. The lowest BCUT2D eigenvalue weighted by molar-refractivity contribution is 0.267. The summed E-state index contributed by atoms with van der Waals surface area (Å²) >= 11 is 1.91. The molecule has 0 saturated heterocycles. The van der Waals surface area contributed by atoms with E-state index in [2.05, 4.69) is 518 Å². The summed E-state index contributed by atoms with van der Waals surface area (Å²) in [5.74, 6) is 3.16. The van der Waals surface area contributed by atoms with E-state index in [9.17, 15) is 0 Å². The van der Waals surface area contributed by atoms with Gasteiger partial charge in [0.05, 0.1) is 16.5 Å². The average Bonchev–Trinajstić information content (AvgIpc) is 1.64. The Labute approximate surface area is 880 Å². The highest BCUT2D eigenvalue weighted by atomic mass is 32.1. The highest BCUT2D eigenvalue weighted by Gasteiger charge is 2.49. The smallest absolute Gasteiger partial charge is 0.136 e. The van der Waals surface area contributed by atoms with E-state index < -0.39 is 10.8 Å². The first-order valence-electron chi connectivity index (χ1n) is 54.4. The van der Waals surface area contributed by atoms with Crippen LogP contribution in [0.4, 0.5) is 34.1 Å². The van der Waals surface area contributed by atoms with Gasteiger partial charge >= 0.3 is 0 Å². The van der Waals surface area contributed by atoms with Gasteiger partial charge in [-0.1, -0.05) is 430 Å². The quantitative estimate of drug-likeness (QED) is 0.0906. The average molecular weight is 1940 g/mol. The highest BCUT2D eigenvalue weighted by molar-refractivity contribution is 7.26. The summed E-state index contributed by atoms with van der Waals surface area (Å²) in [7, 11) is 0. The lowest BCUT2D eigenvalue weighted by Gasteiger charge is -2.45. The van der Waals surface area contributed by atoms with E-state index in [1.54, 1.807) is 0 Å². The van der Waals surface area contributed by atoms with Crippen LogP contribution in [0.5, 0.6) is 0 Å². The molecule has 4 bridgehead atoms. The topological polar surface area (TPSA) is 19.6 Å². The molecular weight excluding hydrogens is 1820 g/mol. The van der Waals surface area contributed by atoms with E-state index in [0.717, 1.165) is 122 Å². The zero-order valence-corrected chi connectivity index (χ0v) is 86.2. The van der Waals surface area contributed by atoms with Gasteiger partial charge < -0.3 is 14.2 Å². The summed E-state index contributed by atoms with van der Waals surface area (Å²) in [5, 5.41) is 4.73. The van der Waals surface area contributed by atoms with Crippen LogP contribution in [-0.2, 0) is 16.2 Å². The van der Waals surface area contributed by atoms with Crippen LogP contribution in [0.3, 0.4) is 0 Å². The fraction of sp³-hybridized carbons (Fsp3) is 0.172. The van der Waals surface area contributed by atoms with Crippen molar-refractivity contribution in [2.75, 3.05) is 9.80 Å². The van der Waals surface area contributed by atoms with Crippen LogP contribution in [0, 0.1) is 17.8 Å². The van der Waals surface area contributed by atoms with Crippen molar-refractivity contribution in [2.45, 2.75) is 139 Å². The van der Waals surface area contributed by atoms with Gasteiger partial charge in [-0.2, -0.15) is 0 Å². The lowest BCUT2D eigenvalue weighted by Crippen LogP contribution is -2.36. The SMILES string of the molecule is CC[C@@H]1CC2C[C@H](C)CC(C1)c1cc(N(c3ccc(-c4ccccc4-c4cccc5sc6c(-c7ccc(-c8cccc9oc%10ccccc%10c89)c(-c8ccc(N(c9ccc%10c(c9)[C@@H]9CCCC(C[C@@H](C)C9)c9ccccc9C%10(c9ccccc9)c9ccccc9)c9ccc%10c(c9)C(C)(C)c9ccccc9-%10)cc8)c7)cccc6c45)cc3)c3ccccc3-c3ccccc3)ccc1C(c1ccccc1)(c1ccccc1)c1ccccc12. The molecule has 2 aromatic heterocycles. The maximum absolute atomic E-state index is 6.78. The molecule has 3 unspecified atom stereocenters. The van der Waals surface area contributed by atoms with Crippen molar-refractivity contribution in [1.82, 2.24) is 0 Å². The number of hydrogen-bond acceptors (Lipinski definition) is 4. The number of benzene rings is 20. The van der Waals surface area contributed by atoms with Gasteiger partial charge in [0, 0.05) is 70.4 Å². The predicted octanol–water partition coefficient (Wildman–Crippen LogP) is 40.2. The van der Waals surface area contributed by atoms with Crippen LogP contribution >= 0.6 is 11.3 Å². The van der Waals surface area contributed by atoms with Gasteiger partial charge in [0.1, 0.15) is 11.2 Å². The number of hydrogen-bond donors (Lipinski definition) is 0. The van der Waals surface area contributed by atoms with E-state index in [4.69, 9.17) is 4.42 Å². The zero-order chi connectivity index (χ0) is 99.6. The molecule has 0 radical (unpaired) electrons. The Morgan fingerprint density at radius 1 is 0.268 bits per heavy atom. The Kier molecular flexibility index (Phi) is 23.2. The van der Waals surface area contributed by atoms with Gasteiger partial charge in [-0.25, -0.2) is 0 Å². The molecule has 29 rings (SSSR count). The third-order valence-corrected chi connectivity index (χ3v) is 36.3. The van der Waals surface area contributed by atoms with E-state index in [0.29, 0.717) is 41.4 Å². The first-order chi connectivity index (χ1) is 73.4. The van der Waals surface area contributed by atoms with Gasteiger partial charge in [0.25, 0.3) is 0 Å². The second kappa shape index (κ2) is 37.7. The van der Waals surface area contributed by atoms with Crippen LogP contribution in [0.25, 0.3) is 120 Å².